The second-order valence-corrected chi connectivity index (χ2v) is 6.19. The summed E-state index contributed by atoms with van der Waals surface area (Å²) >= 11 is 0. The number of allylic oxidation sites excluding steroid dienone is 2. The predicted molar refractivity (Wildman–Crippen MR) is 85.4 cm³/mol. The Kier molecular flexibility index (Phi) is 4.37. The molecular weight excluding hydrogens is 242 g/mol. The Hall–Kier alpha value is -1.34. The molecule has 1 fully saturated rings. The van der Waals surface area contributed by atoms with Crippen LogP contribution < -0.4 is 0 Å². The van der Waals surface area contributed by atoms with Crippen LogP contribution in [0.2, 0.25) is 0 Å². The van der Waals surface area contributed by atoms with Gasteiger partial charge in [-0.05, 0) is 43.1 Å². The monoisotopic (exact) mass is 267 g/mol. The van der Waals surface area contributed by atoms with Crippen molar-refractivity contribution in [2.45, 2.75) is 38.3 Å². The van der Waals surface area contributed by atoms with Crippen molar-refractivity contribution in [3.8, 4) is 0 Å². The van der Waals surface area contributed by atoms with Crippen molar-refractivity contribution in [1.29, 1.82) is 0 Å². The van der Waals surface area contributed by atoms with Gasteiger partial charge >= 0.3 is 0 Å². The number of benzene rings is 1. The zero-order chi connectivity index (χ0) is 13.8. The Balaban J connectivity index is 1.71. The van der Waals surface area contributed by atoms with E-state index < -0.39 is 0 Å². The van der Waals surface area contributed by atoms with Crippen LogP contribution in [0.15, 0.2) is 55.1 Å². The molecule has 1 heteroatoms. The smallest absolute Gasteiger partial charge is 0.0237 e. The molecule has 1 saturated heterocycles. The van der Waals surface area contributed by atoms with Gasteiger partial charge in [0.15, 0.2) is 0 Å². The lowest BCUT2D eigenvalue weighted by molar-refractivity contribution is 0.215. The average Bonchev–Trinajstić information content (AvgIpc) is 2.85. The lowest BCUT2D eigenvalue weighted by Crippen LogP contribution is -2.32. The van der Waals surface area contributed by atoms with Crippen LogP contribution in [0.25, 0.3) is 0 Å². The molecule has 0 radical (unpaired) electrons. The summed E-state index contributed by atoms with van der Waals surface area (Å²) in [6.07, 6.45) is 12.0. The maximum Gasteiger partial charge on any atom is 0.0237 e. The van der Waals surface area contributed by atoms with E-state index in [0.29, 0.717) is 0 Å². The second kappa shape index (κ2) is 6.41. The molecule has 1 nitrogen and oxygen atoms in total. The molecule has 0 N–H and O–H groups in total. The van der Waals surface area contributed by atoms with Gasteiger partial charge in [-0.1, -0.05) is 48.6 Å². The van der Waals surface area contributed by atoms with Gasteiger partial charge in [-0.3, -0.25) is 4.90 Å². The molecule has 0 saturated carbocycles. The minimum absolute atomic E-state index is 0.759. The van der Waals surface area contributed by atoms with Crippen LogP contribution in [0.5, 0.6) is 0 Å². The van der Waals surface area contributed by atoms with Gasteiger partial charge in [0.1, 0.15) is 0 Å². The first kappa shape index (κ1) is 13.6. The quantitative estimate of drug-likeness (QED) is 0.714. The van der Waals surface area contributed by atoms with Crippen molar-refractivity contribution in [3.05, 3.63) is 60.7 Å². The fraction of sp³-hybridized carbons (Fsp3) is 0.474. The standard InChI is InChI=1S/C19H25N/c1-2-3-11-17-15-20(14-16-9-5-4-6-10-16)19-13-8-7-12-18(17)19/h2,4-7,9-10,12,17-19H,1,3,8,11,13-15H2/t17-,18-,19-/m1/s1. The van der Waals surface area contributed by atoms with Gasteiger partial charge in [0.25, 0.3) is 0 Å². The summed E-state index contributed by atoms with van der Waals surface area (Å²) in [5.41, 5.74) is 1.45. The lowest BCUT2D eigenvalue weighted by Gasteiger charge is -2.29. The van der Waals surface area contributed by atoms with E-state index in [0.717, 1.165) is 30.8 Å². The molecule has 1 aromatic rings. The van der Waals surface area contributed by atoms with Gasteiger partial charge in [-0.2, -0.15) is 0 Å². The number of hydrogen-bond acceptors (Lipinski definition) is 1. The van der Waals surface area contributed by atoms with E-state index in [9.17, 15) is 0 Å². The first-order valence-electron chi connectivity index (χ1n) is 7.94. The number of nitrogens with zero attached hydrogens (tertiary/aromatic N) is 1. The summed E-state index contributed by atoms with van der Waals surface area (Å²) in [7, 11) is 0. The summed E-state index contributed by atoms with van der Waals surface area (Å²) in [6.45, 7) is 6.24. The van der Waals surface area contributed by atoms with Gasteiger partial charge in [0, 0.05) is 19.1 Å². The highest BCUT2D eigenvalue weighted by Gasteiger charge is 2.40. The molecule has 0 aromatic heterocycles. The molecule has 3 atom stereocenters. The van der Waals surface area contributed by atoms with E-state index >= 15 is 0 Å². The molecule has 0 spiro atoms. The van der Waals surface area contributed by atoms with Crippen LogP contribution in [0.4, 0.5) is 0 Å². The largest absolute Gasteiger partial charge is 0.295 e. The highest BCUT2D eigenvalue weighted by Crippen LogP contribution is 2.39. The second-order valence-electron chi connectivity index (χ2n) is 6.19. The lowest BCUT2D eigenvalue weighted by atomic mass is 9.82. The van der Waals surface area contributed by atoms with Crippen molar-refractivity contribution in [1.82, 2.24) is 4.90 Å². The van der Waals surface area contributed by atoms with Crippen LogP contribution in [0, 0.1) is 11.8 Å². The zero-order valence-electron chi connectivity index (χ0n) is 12.2. The molecule has 1 aliphatic heterocycles. The van der Waals surface area contributed by atoms with E-state index in [1.165, 1.54) is 31.4 Å². The van der Waals surface area contributed by atoms with Gasteiger partial charge in [0.2, 0.25) is 0 Å². The Morgan fingerprint density at radius 3 is 2.90 bits per heavy atom. The number of fused-ring (bicyclic) bond motifs is 1. The Morgan fingerprint density at radius 2 is 2.10 bits per heavy atom. The van der Waals surface area contributed by atoms with E-state index in [4.69, 9.17) is 0 Å². The highest BCUT2D eigenvalue weighted by atomic mass is 15.2. The SMILES string of the molecule is C=CCC[C@@H]1CN(Cc2ccccc2)[C@@H]2CCC=C[C@H]12. The predicted octanol–water partition coefficient (Wildman–Crippen LogP) is 4.42. The Labute approximate surface area is 123 Å². The van der Waals surface area contributed by atoms with Crippen LogP contribution in [0.1, 0.15) is 31.2 Å². The normalized spacial score (nSPS) is 29.3. The third-order valence-electron chi connectivity index (χ3n) is 4.88. The summed E-state index contributed by atoms with van der Waals surface area (Å²) in [4.78, 5) is 2.72. The van der Waals surface area contributed by atoms with Crippen molar-refractivity contribution in [2.75, 3.05) is 6.54 Å². The third-order valence-corrected chi connectivity index (χ3v) is 4.88. The molecule has 106 valence electrons. The number of rotatable bonds is 5. The molecule has 1 aliphatic carbocycles. The molecule has 1 heterocycles. The topological polar surface area (TPSA) is 3.24 Å². The van der Waals surface area contributed by atoms with E-state index in [1.54, 1.807) is 0 Å². The third kappa shape index (κ3) is 2.88. The van der Waals surface area contributed by atoms with E-state index in [-0.39, 0.29) is 0 Å². The Morgan fingerprint density at radius 1 is 1.25 bits per heavy atom. The molecule has 0 unspecified atom stereocenters. The fourth-order valence-electron chi connectivity index (χ4n) is 3.91. The van der Waals surface area contributed by atoms with E-state index in [1.807, 2.05) is 0 Å². The van der Waals surface area contributed by atoms with Crippen LogP contribution >= 0.6 is 0 Å². The number of hydrogen-bond donors (Lipinski definition) is 0. The van der Waals surface area contributed by atoms with Crippen molar-refractivity contribution in [3.63, 3.8) is 0 Å². The summed E-state index contributed by atoms with van der Waals surface area (Å²) in [6, 6.07) is 11.7. The van der Waals surface area contributed by atoms with Crippen molar-refractivity contribution < 1.29 is 0 Å². The molecule has 0 bridgehead atoms. The molecular formula is C19H25N. The van der Waals surface area contributed by atoms with Crippen molar-refractivity contribution in [2.24, 2.45) is 11.8 Å². The highest BCUT2D eigenvalue weighted by molar-refractivity contribution is 5.16. The minimum atomic E-state index is 0.759. The fourth-order valence-corrected chi connectivity index (χ4v) is 3.91. The van der Waals surface area contributed by atoms with E-state index in [2.05, 4.69) is 60.0 Å². The average molecular weight is 267 g/mol. The van der Waals surface area contributed by atoms with Gasteiger partial charge in [-0.15, -0.1) is 6.58 Å². The molecule has 2 aliphatic rings. The molecule has 0 amide bonds. The summed E-state index contributed by atoms with van der Waals surface area (Å²) in [5, 5.41) is 0. The van der Waals surface area contributed by atoms with Gasteiger partial charge < -0.3 is 0 Å². The first-order chi connectivity index (χ1) is 9.88. The van der Waals surface area contributed by atoms with Crippen LogP contribution in [-0.4, -0.2) is 17.5 Å². The van der Waals surface area contributed by atoms with Gasteiger partial charge in [-0.25, -0.2) is 0 Å². The zero-order valence-corrected chi connectivity index (χ0v) is 12.2. The molecule has 3 rings (SSSR count). The summed E-state index contributed by atoms with van der Waals surface area (Å²) < 4.78 is 0. The van der Waals surface area contributed by atoms with Crippen LogP contribution in [-0.2, 0) is 6.54 Å². The maximum absolute atomic E-state index is 3.88. The van der Waals surface area contributed by atoms with Crippen molar-refractivity contribution >= 4 is 0 Å². The first-order valence-corrected chi connectivity index (χ1v) is 7.94. The van der Waals surface area contributed by atoms with Gasteiger partial charge in [0.05, 0.1) is 0 Å². The minimum Gasteiger partial charge on any atom is -0.295 e. The number of likely N-dealkylation sites (tertiary alicyclic amines) is 1. The Bertz CT molecular complexity index is 462. The molecule has 20 heavy (non-hydrogen) atoms. The maximum atomic E-state index is 3.88. The molecule has 1 aromatic carbocycles. The van der Waals surface area contributed by atoms with Crippen LogP contribution in [0.3, 0.4) is 0 Å². The summed E-state index contributed by atoms with van der Waals surface area (Å²) in [5.74, 6) is 1.59.